The first-order valence-electron chi connectivity index (χ1n) is 10.5. The normalized spacial score (nSPS) is 22.5. The Bertz CT molecular complexity index is 1420. The van der Waals surface area contributed by atoms with E-state index >= 15 is 0 Å². The van der Waals surface area contributed by atoms with Crippen molar-refractivity contribution in [2.24, 2.45) is 10.9 Å². The number of anilines is 1. The first kappa shape index (κ1) is 23.6. The number of dihydropyridines is 1. The molecule has 2 atom stereocenters. The molecule has 0 amide bonds. The molecule has 0 saturated heterocycles. The van der Waals surface area contributed by atoms with Crippen LogP contribution in [0.25, 0.3) is 0 Å². The van der Waals surface area contributed by atoms with Gasteiger partial charge in [-0.15, -0.1) is 0 Å². The molecule has 1 aliphatic heterocycles. The van der Waals surface area contributed by atoms with Gasteiger partial charge >= 0.3 is 0 Å². The van der Waals surface area contributed by atoms with Crippen molar-refractivity contribution in [2.45, 2.75) is 16.9 Å². The van der Waals surface area contributed by atoms with Crippen molar-refractivity contribution >= 4 is 45.1 Å². The van der Waals surface area contributed by atoms with Gasteiger partial charge in [0.05, 0.1) is 35.1 Å². The molecule has 5 rings (SSSR count). The highest BCUT2D eigenvalue weighted by Crippen LogP contribution is 2.61. The molecule has 35 heavy (non-hydrogen) atoms. The molecule has 2 aromatic rings. The van der Waals surface area contributed by atoms with Gasteiger partial charge in [-0.3, -0.25) is 9.71 Å². The average Bonchev–Trinajstić information content (AvgIpc) is 3.56. The number of phenols is 1. The lowest BCUT2D eigenvalue weighted by Gasteiger charge is -2.27. The van der Waals surface area contributed by atoms with Crippen LogP contribution >= 0.6 is 23.2 Å². The predicted molar refractivity (Wildman–Crippen MR) is 133 cm³/mol. The van der Waals surface area contributed by atoms with E-state index in [1.165, 1.54) is 0 Å². The van der Waals surface area contributed by atoms with Crippen LogP contribution in [-0.4, -0.2) is 39.5 Å². The number of aromatic hydroxyl groups is 1. The highest BCUT2D eigenvalue weighted by molar-refractivity contribution is 7.92. The predicted octanol–water partition coefficient (Wildman–Crippen LogP) is 5.05. The van der Waals surface area contributed by atoms with E-state index in [-0.39, 0.29) is 26.6 Å². The second-order valence-corrected chi connectivity index (χ2v) is 10.6. The van der Waals surface area contributed by atoms with Crippen LogP contribution in [0.2, 0.25) is 10.0 Å². The number of sulfonamides is 1. The monoisotopic (exact) mass is 534 g/mol. The van der Waals surface area contributed by atoms with Gasteiger partial charge in [-0.1, -0.05) is 23.2 Å². The van der Waals surface area contributed by atoms with Crippen LogP contribution in [0.15, 0.2) is 81.3 Å². The molecule has 2 N–H and O–H groups in total. The molecule has 1 fully saturated rings. The topological polar surface area (TPSA) is 106 Å². The fourth-order valence-corrected chi connectivity index (χ4v) is 6.03. The van der Waals surface area contributed by atoms with Crippen molar-refractivity contribution in [3.8, 4) is 11.5 Å². The molecule has 8 nitrogen and oxygen atoms in total. The number of nitrogens with zero attached hydrogens (tertiary/aromatic N) is 1. The quantitative estimate of drug-likeness (QED) is 0.514. The van der Waals surface area contributed by atoms with Crippen LogP contribution in [0, 0.1) is 5.92 Å². The maximum atomic E-state index is 12.7. The zero-order valence-electron chi connectivity index (χ0n) is 18.6. The number of halogens is 2. The van der Waals surface area contributed by atoms with Crippen LogP contribution in [0.3, 0.4) is 0 Å². The van der Waals surface area contributed by atoms with Crippen LogP contribution < -0.4 is 9.46 Å². The van der Waals surface area contributed by atoms with Crippen LogP contribution in [0.5, 0.6) is 11.5 Å². The summed E-state index contributed by atoms with van der Waals surface area (Å²) >= 11 is 11.7. The van der Waals surface area contributed by atoms with Crippen molar-refractivity contribution in [2.75, 3.05) is 18.9 Å². The number of allylic oxidation sites excluding steroid dienone is 2. The number of benzene rings is 2. The Balaban J connectivity index is 1.35. The Morgan fingerprint density at radius 3 is 2.43 bits per heavy atom. The van der Waals surface area contributed by atoms with Crippen molar-refractivity contribution in [3.63, 3.8) is 0 Å². The molecule has 0 radical (unpaired) electrons. The zero-order valence-corrected chi connectivity index (χ0v) is 20.9. The summed E-state index contributed by atoms with van der Waals surface area (Å²) in [6, 6.07) is 8.68. The van der Waals surface area contributed by atoms with Crippen LogP contribution in [0.4, 0.5) is 5.69 Å². The van der Waals surface area contributed by atoms with Gasteiger partial charge in [0.1, 0.15) is 22.8 Å². The third-order valence-electron chi connectivity index (χ3n) is 6.10. The first-order chi connectivity index (χ1) is 16.7. The third-order valence-corrected chi connectivity index (χ3v) is 8.04. The summed E-state index contributed by atoms with van der Waals surface area (Å²) in [7, 11) is -0.771. The summed E-state index contributed by atoms with van der Waals surface area (Å²) in [5.74, 6) is 2.29. The van der Waals surface area contributed by atoms with Crippen molar-refractivity contribution in [3.05, 3.63) is 81.4 Å². The van der Waals surface area contributed by atoms with Gasteiger partial charge in [0, 0.05) is 17.5 Å². The van der Waals surface area contributed by atoms with E-state index in [9.17, 15) is 13.5 Å². The number of phenolic OH excluding ortho intramolecular Hbond substituents is 1. The second-order valence-electron chi connectivity index (χ2n) is 8.15. The standard InChI is InChI=1S/C24H20Cl2N2O6S/c1-32-21-11-16-20(7-8-27-24(16)12-17(24)23(21)33-2)34-14-5-3-13(4-6-14)28-35(30,31)15-9-18(25)22(29)19(26)10-15/h3-11,17,28-29H,12H2,1-2H3. The van der Waals surface area contributed by atoms with Gasteiger partial charge in [0.25, 0.3) is 10.0 Å². The van der Waals surface area contributed by atoms with Gasteiger partial charge in [-0.05, 0) is 55.0 Å². The second kappa shape index (κ2) is 8.51. The lowest BCUT2D eigenvalue weighted by molar-refractivity contribution is 0.208. The number of aliphatic imine (C=N–C) groups is 1. The Labute approximate surface area is 212 Å². The van der Waals surface area contributed by atoms with Crippen LogP contribution in [-0.2, 0) is 19.5 Å². The van der Waals surface area contributed by atoms with E-state index in [1.807, 2.05) is 6.08 Å². The molecular formula is C24H20Cl2N2O6S. The smallest absolute Gasteiger partial charge is 0.262 e. The minimum absolute atomic E-state index is 0.102. The highest BCUT2D eigenvalue weighted by Gasteiger charge is 2.64. The van der Waals surface area contributed by atoms with E-state index < -0.39 is 15.6 Å². The third kappa shape index (κ3) is 4.03. The Morgan fingerprint density at radius 1 is 1.11 bits per heavy atom. The molecule has 2 aromatic carbocycles. The highest BCUT2D eigenvalue weighted by atomic mass is 35.5. The lowest BCUT2D eigenvalue weighted by atomic mass is 9.93. The SMILES string of the molecule is COC1=C(OC)C2CC23N=CC=C(Oc2ccc(NS(=O)(=O)c4cc(Cl)c(O)c(Cl)c4)cc2)C3=C1. The summed E-state index contributed by atoms with van der Waals surface area (Å²) in [5.41, 5.74) is 0.815. The van der Waals surface area contributed by atoms with Gasteiger partial charge in [-0.25, -0.2) is 8.42 Å². The van der Waals surface area contributed by atoms with E-state index in [4.69, 9.17) is 37.4 Å². The summed E-state index contributed by atoms with van der Waals surface area (Å²) in [4.78, 5) is 4.51. The van der Waals surface area contributed by atoms with E-state index in [1.54, 1.807) is 50.8 Å². The van der Waals surface area contributed by atoms with E-state index in [0.717, 1.165) is 29.9 Å². The molecule has 182 valence electrons. The van der Waals surface area contributed by atoms with Crippen molar-refractivity contribution < 1.29 is 27.7 Å². The van der Waals surface area contributed by atoms with Gasteiger partial charge in [0.15, 0.2) is 11.5 Å². The van der Waals surface area contributed by atoms with Crippen molar-refractivity contribution in [1.82, 2.24) is 0 Å². The number of methoxy groups -OCH3 is 2. The Hall–Kier alpha value is -3.14. The van der Waals surface area contributed by atoms with Gasteiger partial charge < -0.3 is 19.3 Å². The summed E-state index contributed by atoms with van der Waals surface area (Å²) in [6.07, 6.45) is 6.21. The summed E-state index contributed by atoms with van der Waals surface area (Å²) < 4.78 is 45.1. The maximum Gasteiger partial charge on any atom is 0.262 e. The minimum Gasteiger partial charge on any atom is -0.505 e. The minimum atomic E-state index is -3.99. The largest absolute Gasteiger partial charge is 0.505 e. The van der Waals surface area contributed by atoms with Crippen molar-refractivity contribution in [1.29, 1.82) is 0 Å². The molecule has 11 heteroatoms. The summed E-state index contributed by atoms with van der Waals surface area (Å²) in [6.45, 7) is 0. The Kier molecular flexibility index (Phi) is 5.74. The fourth-order valence-electron chi connectivity index (χ4n) is 4.30. The van der Waals surface area contributed by atoms with E-state index in [0.29, 0.717) is 23.0 Å². The number of nitrogens with one attached hydrogen (secondary N) is 1. The Morgan fingerprint density at radius 2 is 1.80 bits per heavy atom. The maximum absolute atomic E-state index is 12.7. The molecular weight excluding hydrogens is 515 g/mol. The molecule has 1 saturated carbocycles. The zero-order chi connectivity index (χ0) is 25.0. The fraction of sp³-hybridized carbons (Fsp3) is 0.208. The van der Waals surface area contributed by atoms with Gasteiger partial charge in [-0.2, -0.15) is 0 Å². The molecule has 2 aliphatic carbocycles. The lowest BCUT2D eigenvalue weighted by Crippen LogP contribution is -2.25. The van der Waals surface area contributed by atoms with Crippen LogP contribution in [0.1, 0.15) is 6.42 Å². The molecule has 3 aliphatic rings. The number of rotatable bonds is 7. The average molecular weight is 535 g/mol. The summed E-state index contributed by atoms with van der Waals surface area (Å²) in [5, 5.41) is 9.34. The molecule has 0 bridgehead atoms. The molecule has 0 aromatic heterocycles. The van der Waals surface area contributed by atoms with Gasteiger partial charge in [0.2, 0.25) is 0 Å². The van der Waals surface area contributed by atoms with E-state index in [2.05, 4.69) is 9.71 Å². The molecule has 2 unspecified atom stereocenters. The number of ether oxygens (including phenoxy) is 3. The number of hydrogen-bond donors (Lipinski definition) is 2. The molecule has 1 heterocycles. The number of hydrogen-bond acceptors (Lipinski definition) is 7. The molecule has 1 spiro atoms. The first-order valence-corrected chi connectivity index (χ1v) is 12.7.